The van der Waals surface area contributed by atoms with Crippen LogP contribution in [0, 0.1) is 0 Å². The Kier molecular flexibility index (Phi) is 6.14. The summed E-state index contributed by atoms with van der Waals surface area (Å²) in [5.41, 5.74) is 0. The lowest BCUT2D eigenvalue weighted by Crippen LogP contribution is -2.42. The van der Waals surface area contributed by atoms with E-state index in [2.05, 4.69) is 0 Å². The van der Waals surface area contributed by atoms with E-state index in [-0.39, 0.29) is 6.10 Å². The standard InChI is InChI=1S/C11H22O5Si/c1-5-10(15-8-11-9-16-11)6-7-17(12-2,13-3)14-4/h5,11H,6-9H2,1-4H3/b10-5-. The van der Waals surface area contributed by atoms with E-state index in [0.717, 1.165) is 18.8 Å². The number of hydrogen-bond acceptors (Lipinski definition) is 5. The van der Waals surface area contributed by atoms with Crippen molar-refractivity contribution in [2.75, 3.05) is 34.5 Å². The molecule has 0 N–H and O–H groups in total. The molecule has 0 aliphatic carbocycles. The second kappa shape index (κ2) is 7.12. The van der Waals surface area contributed by atoms with Crippen molar-refractivity contribution in [2.45, 2.75) is 25.5 Å². The molecule has 1 atom stereocenters. The van der Waals surface area contributed by atoms with Gasteiger partial charge in [-0.15, -0.1) is 0 Å². The van der Waals surface area contributed by atoms with Gasteiger partial charge < -0.3 is 22.8 Å². The SMILES string of the molecule is C/C=C(/CC[Si](OC)(OC)OC)OCC1CO1. The van der Waals surface area contributed by atoms with E-state index in [1.54, 1.807) is 21.3 Å². The van der Waals surface area contributed by atoms with Crippen molar-refractivity contribution < 1.29 is 22.8 Å². The Morgan fingerprint density at radius 3 is 2.29 bits per heavy atom. The largest absolute Gasteiger partial charge is 0.500 e. The number of allylic oxidation sites excluding steroid dienone is 2. The minimum absolute atomic E-state index is 0.277. The van der Waals surface area contributed by atoms with Crippen molar-refractivity contribution >= 4 is 8.80 Å². The Hall–Kier alpha value is -0.403. The van der Waals surface area contributed by atoms with Crippen LogP contribution in [-0.4, -0.2) is 49.5 Å². The van der Waals surface area contributed by atoms with Gasteiger partial charge in [-0.25, -0.2) is 0 Å². The molecule has 0 aromatic rings. The lowest BCUT2D eigenvalue weighted by atomic mass is 10.3. The Morgan fingerprint density at radius 1 is 1.29 bits per heavy atom. The van der Waals surface area contributed by atoms with Crippen molar-refractivity contribution in [3.63, 3.8) is 0 Å². The molecule has 0 spiro atoms. The van der Waals surface area contributed by atoms with E-state index < -0.39 is 8.80 Å². The Balaban J connectivity index is 2.33. The van der Waals surface area contributed by atoms with Crippen LogP contribution in [0.2, 0.25) is 6.04 Å². The average Bonchev–Trinajstić information content (AvgIpc) is 3.19. The molecule has 0 aromatic heterocycles. The van der Waals surface area contributed by atoms with E-state index in [0.29, 0.717) is 12.7 Å². The van der Waals surface area contributed by atoms with Gasteiger partial charge in [0, 0.05) is 33.8 Å². The summed E-state index contributed by atoms with van der Waals surface area (Å²) in [4.78, 5) is 0. The van der Waals surface area contributed by atoms with Gasteiger partial charge in [0.1, 0.15) is 12.7 Å². The minimum Gasteiger partial charge on any atom is -0.495 e. The summed E-state index contributed by atoms with van der Waals surface area (Å²) in [7, 11) is 2.37. The second-order valence-corrected chi connectivity index (χ2v) is 6.91. The first-order valence-electron chi connectivity index (χ1n) is 5.74. The topological polar surface area (TPSA) is 49.5 Å². The molecule has 1 aliphatic rings. The molecule has 17 heavy (non-hydrogen) atoms. The molecule has 1 unspecified atom stereocenters. The smallest absolute Gasteiger partial charge is 0.495 e. The monoisotopic (exact) mass is 262 g/mol. The molecular weight excluding hydrogens is 240 g/mol. The van der Waals surface area contributed by atoms with E-state index >= 15 is 0 Å². The highest BCUT2D eigenvalue weighted by molar-refractivity contribution is 6.60. The summed E-state index contributed by atoms with van der Waals surface area (Å²) < 4.78 is 26.8. The molecule has 6 heteroatoms. The van der Waals surface area contributed by atoms with Gasteiger partial charge in [-0.1, -0.05) is 0 Å². The number of rotatable bonds is 9. The second-order valence-electron chi connectivity index (χ2n) is 3.82. The van der Waals surface area contributed by atoms with Crippen LogP contribution in [0.15, 0.2) is 11.8 Å². The van der Waals surface area contributed by atoms with Gasteiger partial charge in [0.2, 0.25) is 0 Å². The number of hydrogen-bond donors (Lipinski definition) is 0. The highest BCUT2D eigenvalue weighted by Gasteiger charge is 2.37. The number of ether oxygens (including phenoxy) is 2. The fraction of sp³-hybridized carbons (Fsp3) is 0.818. The molecule has 0 bridgehead atoms. The molecule has 1 saturated heterocycles. The Labute approximate surface area is 104 Å². The van der Waals surface area contributed by atoms with Crippen LogP contribution in [0.5, 0.6) is 0 Å². The van der Waals surface area contributed by atoms with Crippen LogP contribution < -0.4 is 0 Å². The summed E-state index contributed by atoms with van der Waals surface area (Å²) in [5.74, 6) is 0.934. The maximum absolute atomic E-state index is 5.64. The molecule has 0 radical (unpaired) electrons. The fourth-order valence-corrected chi connectivity index (χ4v) is 3.16. The maximum Gasteiger partial charge on any atom is 0.500 e. The van der Waals surface area contributed by atoms with Crippen LogP contribution in [0.3, 0.4) is 0 Å². The first-order valence-corrected chi connectivity index (χ1v) is 7.68. The van der Waals surface area contributed by atoms with Crippen molar-refractivity contribution in [1.29, 1.82) is 0 Å². The molecule has 1 rings (SSSR count). The predicted molar refractivity (Wildman–Crippen MR) is 65.7 cm³/mol. The third kappa shape index (κ3) is 4.77. The van der Waals surface area contributed by atoms with E-state index in [4.69, 9.17) is 22.8 Å². The number of epoxide rings is 1. The molecule has 0 amide bonds. The fourth-order valence-electron chi connectivity index (χ4n) is 1.50. The van der Waals surface area contributed by atoms with Crippen LogP contribution >= 0.6 is 0 Å². The van der Waals surface area contributed by atoms with Crippen molar-refractivity contribution in [2.24, 2.45) is 0 Å². The van der Waals surface area contributed by atoms with Gasteiger partial charge in [0.15, 0.2) is 0 Å². The lowest BCUT2D eigenvalue weighted by Gasteiger charge is -2.24. The molecular formula is C11H22O5Si. The Morgan fingerprint density at radius 2 is 1.88 bits per heavy atom. The highest BCUT2D eigenvalue weighted by atomic mass is 28.4. The zero-order valence-corrected chi connectivity index (χ0v) is 12.0. The minimum atomic E-state index is -2.49. The van der Waals surface area contributed by atoms with Crippen LogP contribution in [0.1, 0.15) is 13.3 Å². The molecule has 0 saturated carbocycles. The normalized spacial score (nSPS) is 20.5. The zero-order chi connectivity index (χ0) is 12.7. The van der Waals surface area contributed by atoms with E-state index in [9.17, 15) is 0 Å². The van der Waals surface area contributed by atoms with Gasteiger partial charge in [-0.05, 0) is 13.0 Å². The lowest BCUT2D eigenvalue weighted by molar-refractivity contribution is 0.119. The van der Waals surface area contributed by atoms with E-state index in [1.807, 2.05) is 13.0 Å². The van der Waals surface area contributed by atoms with Crippen molar-refractivity contribution in [3.05, 3.63) is 11.8 Å². The van der Waals surface area contributed by atoms with Crippen molar-refractivity contribution in [1.82, 2.24) is 0 Å². The third-order valence-electron chi connectivity index (χ3n) is 2.79. The first-order chi connectivity index (χ1) is 8.19. The van der Waals surface area contributed by atoms with Gasteiger partial charge in [0.25, 0.3) is 0 Å². The summed E-state index contributed by atoms with van der Waals surface area (Å²) in [5, 5.41) is 0. The highest BCUT2D eigenvalue weighted by Crippen LogP contribution is 2.20. The van der Waals surface area contributed by atoms with Crippen molar-refractivity contribution in [3.8, 4) is 0 Å². The molecule has 100 valence electrons. The third-order valence-corrected chi connectivity index (χ3v) is 5.52. The summed E-state index contributed by atoms with van der Waals surface area (Å²) in [6.45, 7) is 3.39. The summed E-state index contributed by atoms with van der Waals surface area (Å²) in [6, 6.07) is 0.710. The van der Waals surface area contributed by atoms with Crippen LogP contribution in [0.25, 0.3) is 0 Å². The maximum atomic E-state index is 5.64. The summed E-state index contributed by atoms with van der Waals surface area (Å²) in [6.07, 6.45) is 2.99. The Bertz CT molecular complexity index is 240. The zero-order valence-electron chi connectivity index (χ0n) is 11.0. The summed E-state index contributed by atoms with van der Waals surface area (Å²) >= 11 is 0. The predicted octanol–water partition coefficient (Wildman–Crippen LogP) is 1.57. The van der Waals surface area contributed by atoms with Crippen LogP contribution in [0.4, 0.5) is 0 Å². The molecule has 1 aliphatic heterocycles. The van der Waals surface area contributed by atoms with Gasteiger partial charge in [0.05, 0.1) is 12.4 Å². The molecule has 1 heterocycles. The molecule has 1 fully saturated rings. The van der Waals surface area contributed by atoms with Gasteiger partial charge in [-0.3, -0.25) is 0 Å². The molecule has 5 nitrogen and oxygen atoms in total. The van der Waals surface area contributed by atoms with E-state index in [1.165, 1.54) is 0 Å². The van der Waals surface area contributed by atoms with Gasteiger partial charge in [-0.2, -0.15) is 0 Å². The quantitative estimate of drug-likeness (QED) is 0.359. The molecule has 0 aromatic carbocycles. The average molecular weight is 262 g/mol. The van der Waals surface area contributed by atoms with Gasteiger partial charge >= 0.3 is 8.80 Å². The first kappa shape index (κ1) is 14.7. The van der Waals surface area contributed by atoms with Crippen LogP contribution in [-0.2, 0) is 22.8 Å².